The smallest absolute Gasteiger partial charge is 0.270 e. The summed E-state index contributed by atoms with van der Waals surface area (Å²) in [6.07, 6.45) is 4.44. The Balaban J connectivity index is 1.79. The molecule has 1 aromatic rings. The lowest BCUT2D eigenvalue weighted by Crippen LogP contribution is -2.47. The fourth-order valence-corrected chi connectivity index (χ4v) is 2.88. The van der Waals surface area contributed by atoms with E-state index in [9.17, 15) is 4.79 Å². The maximum atomic E-state index is 12.5. The maximum Gasteiger partial charge on any atom is 0.270 e. The van der Waals surface area contributed by atoms with E-state index < -0.39 is 0 Å². The first-order valence-corrected chi connectivity index (χ1v) is 7.29. The van der Waals surface area contributed by atoms with Crippen molar-refractivity contribution in [3.8, 4) is 0 Å². The predicted molar refractivity (Wildman–Crippen MR) is 73.8 cm³/mol. The Hall–Kier alpha value is -0.810. The summed E-state index contributed by atoms with van der Waals surface area (Å²) in [5, 5.41) is 0. The lowest BCUT2D eigenvalue weighted by molar-refractivity contribution is 0.0653. The van der Waals surface area contributed by atoms with E-state index in [1.165, 1.54) is 12.8 Å². The van der Waals surface area contributed by atoms with E-state index in [-0.39, 0.29) is 5.91 Å². The zero-order valence-corrected chi connectivity index (χ0v) is 12.2. The number of nitrogens with zero attached hydrogens (tertiary/aromatic N) is 3. The minimum Gasteiger partial charge on any atom is -0.339 e. The van der Waals surface area contributed by atoms with Crippen LogP contribution in [0.5, 0.6) is 0 Å². The average molecular weight is 312 g/mol. The van der Waals surface area contributed by atoms with E-state index in [1.54, 1.807) is 0 Å². The number of carbonyl (C=O) groups excluding carboxylic acids is 1. The first-order valence-electron chi connectivity index (χ1n) is 6.50. The van der Waals surface area contributed by atoms with Gasteiger partial charge in [-0.25, -0.2) is 0 Å². The van der Waals surface area contributed by atoms with Crippen LogP contribution in [0.2, 0.25) is 0 Å². The Kier molecular flexibility index (Phi) is 3.20. The highest BCUT2D eigenvalue weighted by Gasteiger charge is 2.30. The molecule has 18 heavy (non-hydrogen) atoms. The molecule has 2 aliphatic rings. The highest BCUT2D eigenvalue weighted by atomic mass is 79.9. The van der Waals surface area contributed by atoms with Gasteiger partial charge < -0.3 is 14.4 Å². The van der Waals surface area contributed by atoms with Gasteiger partial charge in [0, 0.05) is 42.9 Å². The second-order valence-corrected chi connectivity index (χ2v) is 6.19. The molecular formula is C13H18BrN3O. The first kappa shape index (κ1) is 12.2. The van der Waals surface area contributed by atoms with E-state index in [4.69, 9.17) is 0 Å². The van der Waals surface area contributed by atoms with Crippen molar-refractivity contribution in [2.24, 2.45) is 0 Å². The SMILES string of the molecule is CN1CCN(C(=O)c2cc(Br)cn2C2CC2)CC1. The summed E-state index contributed by atoms with van der Waals surface area (Å²) in [5.41, 5.74) is 0.842. The number of likely N-dealkylation sites (N-methyl/N-ethyl adjacent to an activating group) is 1. The van der Waals surface area contributed by atoms with Gasteiger partial charge in [0.2, 0.25) is 0 Å². The van der Waals surface area contributed by atoms with Crippen LogP contribution in [0.25, 0.3) is 0 Å². The molecule has 1 saturated heterocycles. The summed E-state index contributed by atoms with van der Waals surface area (Å²) in [6.45, 7) is 3.61. The van der Waals surface area contributed by atoms with Crippen molar-refractivity contribution < 1.29 is 4.79 Å². The van der Waals surface area contributed by atoms with E-state index in [1.807, 2.05) is 17.2 Å². The van der Waals surface area contributed by atoms with Crippen molar-refractivity contribution in [2.75, 3.05) is 33.2 Å². The van der Waals surface area contributed by atoms with Gasteiger partial charge in [-0.2, -0.15) is 0 Å². The summed E-state index contributed by atoms with van der Waals surface area (Å²) in [4.78, 5) is 16.8. The van der Waals surface area contributed by atoms with Crippen LogP contribution in [0, 0.1) is 0 Å². The molecule has 4 nitrogen and oxygen atoms in total. The second-order valence-electron chi connectivity index (χ2n) is 5.28. The third-order valence-electron chi connectivity index (χ3n) is 3.77. The number of rotatable bonds is 2. The van der Waals surface area contributed by atoms with Crippen LogP contribution in [0.1, 0.15) is 29.4 Å². The number of hydrogen-bond donors (Lipinski definition) is 0. The van der Waals surface area contributed by atoms with Crippen molar-refractivity contribution in [1.82, 2.24) is 14.4 Å². The molecule has 1 aromatic heterocycles. The van der Waals surface area contributed by atoms with Crippen LogP contribution in [-0.2, 0) is 0 Å². The van der Waals surface area contributed by atoms with Crippen LogP contribution >= 0.6 is 15.9 Å². The van der Waals surface area contributed by atoms with Gasteiger partial charge in [-0.3, -0.25) is 4.79 Å². The normalized spacial score (nSPS) is 21.3. The largest absolute Gasteiger partial charge is 0.339 e. The monoisotopic (exact) mass is 311 g/mol. The summed E-state index contributed by atoms with van der Waals surface area (Å²) in [6, 6.07) is 2.50. The molecule has 1 saturated carbocycles. The standard InChI is InChI=1S/C13H18BrN3O/c1-15-4-6-16(7-5-15)13(18)12-8-10(14)9-17(12)11-2-3-11/h8-9,11H,2-7H2,1H3. The van der Waals surface area contributed by atoms with Gasteiger partial charge >= 0.3 is 0 Å². The number of hydrogen-bond acceptors (Lipinski definition) is 2. The molecule has 0 atom stereocenters. The van der Waals surface area contributed by atoms with Crippen molar-refractivity contribution in [2.45, 2.75) is 18.9 Å². The van der Waals surface area contributed by atoms with Gasteiger partial charge in [0.05, 0.1) is 0 Å². The fraction of sp³-hybridized carbons (Fsp3) is 0.615. The molecule has 0 N–H and O–H groups in total. The molecule has 1 aliphatic heterocycles. The van der Waals surface area contributed by atoms with Crippen LogP contribution < -0.4 is 0 Å². The molecule has 0 bridgehead atoms. The zero-order chi connectivity index (χ0) is 12.7. The molecule has 0 spiro atoms. The highest BCUT2D eigenvalue weighted by Crippen LogP contribution is 2.37. The summed E-state index contributed by atoms with van der Waals surface area (Å²) in [7, 11) is 2.10. The van der Waals surface area contributed by atoms with Gasteiger partial charge in [0.25, 0.3) is 5.91 Å². The van der Waals surface area contributed by atoms with Crippen LogP contribution in [0.15, 0.2) is 16.7 Å². The lowest BCUT2D eigenvalue weighted by Gasteiger charge is -2.32. The maximum absolute atomic E-state index is 12.5. The number of piperazine rings is 1. The molecule has 1 amide bonds. The van der Waals surface area contributed by atoms with Gasteiger partial charge in [-0.05, 0) is 41.9 Å². The van der Waals surface area contributed by atoms with Crippen molar-refractivity contribution >= 4 is 21.8 Å². The van der Waals surface area contributed by atoms with Crippen molar-refractivity contribution in [3.63, 3.8) is 0 Å². The van der Waals surface area contributed by atoms with Gasteiger partial charge in [-0.1, -0.05) is 0 Å². The third kappa shape index (κ3) is 2.34. The number of aromatic nitrogens is 1. The van der Waals surface area contributed by atoms with Crippen LogP contribution in [0.4, 0.5) is 0 Å². The van der Waals surface area contributed by atoms with E-state index in [0.717, 1.165) is 36.3 Å². The molecule has 0 aromatic carbocycles. The predicted octanol–water partition coefficient (Wildman–Crippen LogP) is 1.97. The molecule has 2 heterocycles. The lowest BCUT2D eigenvalue weighted by atomic mass is 10.3. The van der Waals surface area contributed by atoms with Crippen molar-refractivity contribution in [3.05, 3.63) is 22.4 Å². The Morgan fingerprint density at radius 2 is 1.94 bits per heavy atom. The van der Waals surface area contributed by atoms with E-state index in [2.05, 4.69) is 32.4 Å². The minimum atomic E-state index is 0.181. The molecule has 2 fully saturated rings. The molecule has 5 heteroatoms. The van der Waals surface area contributed by atoms with Gasteiger partial charge in [-0.15, -0.1) is 0 Å². The summed E-state index contributed by atoms with van der Waals surface area (Å²) < 4.78 is 3.15. The molecule has 0 radical (unpaired) electrons. The molecular weight excluding hydrogens is 294 g/mol. The summed E-state index contributed by atoms with van der Waals surface area (Å²) >= 11 is 3.48. The molecule has 3 rings (SSSR count). The fourth-order valence-electron chi connectivity index (χ4n) is 2.44. The third-order valence-corrected chi connectivity index (χ3v) is 4.20. The van der Waals surface area contributed by atoms with Crippen LogP contribution in [0.3, 0.4) is 0 Å². The van der Waals surface area contributed by atoms with E-state index in [0.29, 0.717) is 6.04 Å². The zero-order valence-electron chi connectivity index (χ0n) is 10.6. The minimum absolute atomic E-state index is 0.181. The van der Waals surface area contributed by atoms with E-state index >= 15 is 0 Å². The van der Waals surface area contributed by atoms with Gasteiger partial charge in [0.1, 0.15) is 5.69 Å². The van der Waals surface area contributed by atoms with Gasteiger partial charge in [0.15, 0.2) is 0 Å². The number of carbonyl (C=O) groups is 1. The van der Waals surface area contributed by atoms with Crippen molar-refractivity contribution in [1.29, 1.82) is 0 Å². The second kappa shape index (κ2) is 4.70. The Morgan fingerprint density at radius 1 is 1.28 bits per heavy atom. The Bertz CT molecular complexity index is 459. The van der Waals surface area contributed by atoms with Crippen LogP contribution in [-0.4, -0.2) is 53.5 Å². The number of halogens is 1. The Morgan fingerprint density at radius 3 is 2.56 bits per heavy atom. The highest BCUT2D eigenvalue weighted by molar-refractivity contribution is 9.10. The average Bonchev–Trinajstić information content (AvgIpc) is 3.13. The summed E-state index contributed by atoms with van der Waals surface area (Å²) in [5.74, 6) is 0.181. The quantitative estimate of drug-likeness (QED) is 0.835. The molecule has 98 valence electrons. The Labute approximate surface area is 116 Å². The molecule has 1 aliphatic carbocycles. The number of amides is 1. The molecule has 0 unspecified atom stereocenters. The topological polar surface area (TPSA) is 28.5 Å². The first-order chi connectivity index (χ1) is 8.65.